The van der Waals surface area contributed by atoms with Gasteiger partial charge >= 0.3 is 0 Å². The molecule has 1 aliphatic rings. The largest absolute Gasteiger partial charge is 0.507 e. The molecule has 1 N–H and O–H groups in total. The zero-order valence-corrected chi connectivity index (χ0v) is 24.4. The Morgan fingerprint density at radius 3 is 2.16 bits per heavy atom. The Labute approximate surface area is 249 Å². The van der Waals surface area contributed by atoms with Gasteiger partial charge in [-0.2, -0.15) is 0 Å². The third kappa shape index (κ3) is 5.88. The molecule has 9 heteroatoms. The van der Waals surface area contributed by atoms with E-state index in [0.29, 0.717) is 46.4 Å². The van der Waals surface area contributed by atoms with Crippen LogP contribution in [0.15, 0.2) is 90.6 Å². The molecule has 43 heavy (non-hydrogen) atoms. The van der Waals surface area contributed by atoms with Gasteiger partial charge in [-0.05, 0) is 66.1 Å². The van der Waals surface area contributed by atoms with E-state index >= 15 is 0 Å². The van der Waals surface area contributed by atoms with Gasteiger partial charge in [0.15, 0.2) is 11.5 Å². The van der Waals surface area contributed by atoms with Crippen LogP contribution in [0.3, 0.4) is 0 Å². The van der Waals surface area contributed by atoms with Gasteiger partial charge in [0.05, 0.1) is 45.2 Å². The molecule has 0 saturated carbocycles. The number of carbonyl (C=O) groups excluding carboxylic acids is 2. The van der Waals surface area contributed by atoms with Gasteiger partial charge in [-0.1, -0.05) is 36.4 Å². The summed E-state index contributed by atoms with van der Waals surface area (Å²) in [6.45, 7) is 2.27. The number of amides is 1. The van der Waals surface area contributed by atoms with Crippen LogP contribution in [0.25, 0.3) is 5.76 Å². The number of hydrogen-bond acceptors (Lipinski definition) is 8. The highest BCUT2D eigenvalue weighted by Gasteiger charge is 2.46. The van der Waals surface area contributed by atoms with E-state index in [9.17, 15) is 14.7 Å². The lowest BCUT2D eigenvalue weighted by molar-refractivity contribution is -0.140. The number of hydrogen-bond donors (Lipinski definition) is 1. The van der Waals surface area contributed by atoms with Crippen LogP contribution < -0.4 is 18.9 Å². The predicted molar refractivity (Wildman–Crippen MR) is 160 cm³/mol. The van der Waals surface area contributed by atoms with E-state index in [1.807, 2.05) is 37.3 Å². The summed E-state index contributed by atoms with van der Waals surface area (Å²) in [4.78, 5) is 32.9. The van der Waals surface area contributed by atoms with Gasteiger partial charge in [0, 0.05) is 11.8 Å². The number of likely N-dealkylation sites (tertiary alicyclic amines) is 1. The highest BCUT2D eigenvalue weighted by molar-refractivity contribution is 6.46. The number of rotatable bonds is 10. The summed E-state index contributed by atoms with van der Waals surface area (Å²) in [7, 11) is 4.45. The van der Waals surface area contributed by atoms with Crippen LogP contribution >= 0.6 is 0 Å². The van der Waals surface area contributed by atoms with Crippen molar-refractivity contribution >= 4 is 17.4 Å². The molecule has 0 bridgehead atoms. The average molecular weight is 581 g/mol. The van der Waals surface area contributed by atoms with Gasteiger partial charge in [-0.3, -0.25) is 14.6 Å². The van der Waals surface area contributed by atoms with Crippen molar-refractivity contribution in [3.8, 4) is 23.0 Å². The predicted octanol–water partition coefficient (Wildman–Crippen LogP) is 5.62. The number of pyridine rings is 1. The van der Waals surface area contributed by atoms with E-state index in [4.69, 9.17) is 18.9 Å². The number of benzene rings is 3. The normalized spacial score (nSPS) is 15.8. The first-order valence-electron chi connectivity index (χ1n) is 13.6. The SMILES string of the molecule is COc1cc(C2/C(=C(\O)c3ccc(OCc4ccccc4)c(C)c3)C(=O)C(=O)N2Cc2ccccn2)cc(OC)c1OC. The van der Waals surface area contributed by atoms with Gasteiger partial charge in [0.1, 0.15) is 18.1 Å². The van der Waals surface area contributed by atoms with Crippen LogP contribution in [0.4, 0.5) is 0 Å². The Bertz CT molecular complexity index is 1640. The maximum atomic E-state index is 13.6. The Morgan fingerprint density at radius 2 is 1.56 bits per heavy atom. The second-order valence-electron chi connectivity index (χ2n) is 9.96. The molecule has 1 aromatic heterocycles. The van der Waals surface area contributed by atoms with Crippen molar-refractivity contribution in [1.82, 2.24) is 9.88 Å². The molecule has 3 aromatic carbocycles. The van der Waals surface area contributed by atoms with Gasteiger partial charge < -0.3 is 29.0 Å². The summed E-state index contributed by atoms with van der Waals surface area (Å²) in [6.07, 6.45) is 1.62. The zero-order valence-electron chi connectivity index (χ0n) is 24.4. The van der Waals surface area contributed by atoms with Crippen molar-refractivity contribution in [1.29, 1.82) is 0 Å². The van der Waals surface area contributed by atoms with Gasteiger partial charge in [0.2, 0.25) is 5.75 Å². The van der Waals surface area contributed by atoms with Crippen molar-refractivity contribution in [2.45, 2.75) is 26.1 Å². The second-order valence-corrected chi connectivity index (χ2v) is 9.96. The van der Waals surface area contributed by atoms with Gasteiger partial charge in [0.25, 0.3) is 11.7 Å². The van der Waals surface area contributed by atoms with Gasteiger partial charge in [-0.25, -0.2) is 0 Å². The summed E-state index contributed by atoms with van der Waals surface area (Å²) < 4.78 is 22.6. The molecular formula is C34H32N2O7. The number of ether oxygens (including phenoxy) is 4. The average Bonchev–Trinajstić information content (AvgIpc) is 3.28. The Balaban J connectivity index is 1.59. The lowest BCUT2D eigenvalue weighted by Gasteiger charge is -2.26. The highest BCUT2D eigenvalue weighted by atomic mass is 16.5. The third-order valence-corrected chi connectivity index (χ3v) is 7.29. The molecule has 1 amide bonds. The van der Waals surface area contributed by atoms with Gasteiger partial charge in [-0.15, -0.1) is 0 Å². The molecule has 9 nitrogen and oxygen atoms in total. The molecule has 1 aliphatic heterocycles. The fourth-order valence-electron chi connectivity index (χ4n) is 5.16. The first-order valence-corrected chi connectivity index (χ1v) is 13.6. The fraction of sp³-hybridized carbons (Fsp3) is 0.206. The van der Waals surface area contributed by atoms with E-state index in [1.54, 1.807) is 54.7 Å². The number of methoxy groups -OCH3 is 3. The van der Waals surface area contributed by atoms with E-state index in [2.05, 4.69) is 4.98 Å². The Hall–Kier alpha value is -5.31. The lowest BCUT2D eigenvalue weighted by atomic mass is 9.94. The lowest BCUT2D eigenvalue weighted by Crippen LogP contribution is -2.29. The molecule has 220 valence electrons. The Kier molecular flexibility index (Phi) is 8.61. The van der Waals surface area contributed by atoms with E-state index < -0.39 is 17.7 Å². The minimum absolute atomic E-state index is 0.0365. The molecule has 1 saturated heterocycles. The number of Topliss-reactive ketones (excluding diaryl/α,β-unsaturated/α-hetero) is 1. The molecule has 1 fully saturated rings. The summed E-state index contributed by atoms with van der Waals surface area (Å²) in [5.41, 5.74) is 3.16. The summed E-state index contributed by atoms with van der Waals surface area (Å²) in [5.74, 6) is -0.195. The standard InChI is InChI=1S/C34H32N2O7/c1-21-16-23(13-14-26(21)43-20-22-10-6-5-7-11-22)31(37)29-30(24-17-27(40-2)33(42-4)28(18-24)41-3)36(34(39)32(29)38)19-25-12-8-9-15-35-25/h5-18,30,37H,19-20H2,1-4H3/b31-29+. The smallest absolute Gasteiger partial charge is 0.296 e. The molecule has 2 heterocycles. The second kappa shape index (κ2) is 12.7. The zero-order chi connectivity index (χ0) is 30.5. The number of ketones is 1. The first-order chi connectivity index (χ1) is 20.9. The minimum atomic E-state index is -0.968. The summed E-state index contributed by atoms with van der Waals surface area (Å²) in [5, 5.41) is 11.6. The molecule has 0 spiro atoms. The topological polar surface area (TPSA) is 107 Å². The number of nitrogens with zero attached hydrogens (tertiary/aromatic N) is 2. The molecule has 0 aliphatic carbocycles. The van der Waals surface area contributed by atoms with Crippen molar-refractivity contribution in [3.05, 3.63) is 119 Å². The van der Waals surface area contributed by atoms with Crippen LogP contribution in [0.5, 0.6) is 23.0 Å². The van der Waals surface area contributed by atoms with Crippen LogP contribution in [0.1, 0.15) is 34.0 Å². The summed E-state index contributed by atoms with van der Waals surface area (Å²) >= 11 is 0. The van der Waals surface area contributed by atoms with Crippen molar-refractivity contribution in [2.75, 3.05) is 21.3 Å². The van der Waals surface area contributed by atoms with Crippen LogP contribution in [-0.2, 0) is 22.7 Å². The minimum Gasteiger partial charge on any atom is -0.507 e. The third-order valence-electron chi connectivity index (χ3n) is 7.29. The maximum Gasteiger partial charge on any atom is 0.296 e. The monoisotopic (exact) mass is 580 g/mol. The van der Waals surface area contributed by atoms with E-state index in [0.717, 1.165) is 11.1 Å². The summed E-state index contributed by atoms with van der Waals surface area (Å²) in [6, 6.07) is 22.6. The molecule has 5 rings (SSSR count). The molecular weight excluding hydrogens is 548 g/mol. The van der Waals surface area contributed by atoms with Crippen LogP contribution in [0, 0.1) is 6.92 Å². The molecule has 4 aromatic rings. The number of aliphatic hydroxyl groups is 1. The fourth-order valence-corrected chi connectivity index (χ4v) is 5.16. The van der Waals surface area contributed by atoms with Crippen molar-refractivity contribution < 1.29 is 33.6 Å². The van der Waals surface area contributed by atoms with E-state index in [1.165, 1.54) is 26.2 Å². The first kappa shape index (κ1) is 29.2. The number of aliphatic hydroxyl groups excluding tert-OH is 1. The maximum absolute atomic E-state index is 13.6. The molecule has 0 radical (unpaired) electrons. The Morgan fingerprint density at radius 1 is 0.860 bits per heavy atom. The molecule has 1 unspecified atom stereocenters. The van der Waals surface area contributed by atoms with Crippen molar-refractivity contribution in [3.63, 3.8) is 0 Å². The van der Waals surface area contributed by atoms with Crippen LogP contribution in [0.2, 0.25) is 0 Å². The number of aryl methyl sites for hydroxylation is 1. The number of carbonyl (C=O) groups is 2. The molecule has 1 atom stereocenters. The van der Waals surface area contributed by atoms with Crippen molar-refractivity contribution in [2.24, 2.45) is 0 Å². The quantitative estimate of drug-likeness (QED) is 0.146. The van der Waals surface area contributed by atoms with E-state index in [-0.39, 0.29) is 17.9 Å². The number of aromatic nitrogens is 1. The van der Waals surface area contributed by atoms with Crippen LogP contribution in [-0.4, -0.2) is 48.0 Å². The highest BCUT2D eigenvalue weighted by Crippen LogP contribution is 2.46.